The van der Waals surface area contributed by atoms with Crippen LogP contribution in [0.2, 0.25) is 19.3 Å². The van der Waals surface area contributed by atoms with Gasteiger partial charge < -0.3 is 0 Å². The second-order valence-electron chi connectivity index (χ2n) is 4.58. The van der Waals surface area contributed by atoms with Crippen LogP contribution in [0, 0.1) is 0 Å². The molecule has 0 aliphatic rings. The van der Waals surface area contributed by atoms with E-state index in [1.54, 1.807) is 0 Å². The summed E-state index contributed by atoms with van der Waals surface area (Å²) in [6.07, 6.45) is 6.90. The summed E-state index contributed by atoms with van der Waals surface area (Å²) in [5.41, 5.74) is 1.29. The van der Waals surface area contributed by atoms with Crippen molar-refractivity contribution >= 4 is 18.4 Å². The molecule has 0 aromatic heterocycles. The van der Waals surface area contributed by atoms with E-state index in [0.717, 1.165) is 6.42 Å². The molecule has 0 aromatic rings. The van der Waals surface area contributed by atoms with Crippen LogP contribution in [-0.2, 0) is 0 Å². The van der Waals surface area contributed by atoms with Crippen molar-refractivity contribution in [2.45, 2.75) is 39.0 Å². The Morgan fingerprint density at radius 3 is 2.33 bits per heavy atom. The Morgan fingerprint density at radius 2 is 1.92 bits per heavy atom. The van der Waals surface area contributed by atoms with Crippen LogP contribution >= 0.6 is 0 Å². The van der Waals surface area contributed by atoms with Gasteiger partial charge in [0.25, 0.3) is 0 Å². The molecule has 0 atom stereocenters. The molecule has 0 fully saturated rings. The van der Waals surface area contributed by atoms with Crippen molar-refractivity contribution in [3.8, 4) is 0 Å². The van der Waals surface area contributed by atoms with Crippen molar-refractivity contribution in [2.24, 2.45) is 0 Å². The van der Waals surface area contributed by atoms with Gasteiger partial charge in [0.2, 0.25) is 0 Å². The number of hydrogen-bond acceptors (Lipinski definition) is 0. The zero-order valence-corrected chi connectivity index (χ0v) is 11.8. The second-order valence-corrected chi connectivity index (χ2v) is 20.4. The van der Waals surface area contributed by atoms with Gasteiger partial charge in [-0.1, -0.05) is 0 Å². The van der Waals surface area contributed by atoms with Gasteiger partial charge in [0.05, 0.1) is 0 Å². The van der Waals surface area contributed by atoms with Gasteiger partial charge in [-0.25, -0.2) is 0 Å². The van der Waals surface area contributed by atoms with E-state index in [9.17, 15) is 0 Å². The Bertz CT molecular complexity index is 160. The summed E-state index contributed by atoms with van der Waals surface area (Å²) in [7, 11) is 0. The third kappa shape index (κ3) is 8.38. The molecule has 0 aliphatic heterocycles. The van der Waals surface area contributed by atoms with E-state index in [4.69, 9.17) is 0 Å². The van der Waals surface area contributed by atoms with Crippen LogP contribution in [0.5, 0.6) is 0 Å². The normalized spacial score (nSPS) is 12.3. The first-order chi connectivity index (χ1) is 5.45. The Hall–Kier alpha value is 0.279. The summed E-state index contributed by atoms with van der Waals surface area (Å²) in [5.74, 6) is 0. The summed E-state index contributed by atoms with van der Waals surface area (Å²) in [6, 6.07) is 0. The van der Waals surface area contributed by atoms with Crippen molar-refractivity contribution < 1.29 is 0 Å². The molecule has 70 valence electrons. The van der Waals surface area contributed by atoms with Gasteiger partial charge in [-0.3, -0.25) is 0 Å². The molecule has 0 bridgehead atoms. The van der Waals surface area contributed by atoms with Gasteiger partial charge in [0.1, 0.15) is 0 Å². The molecule has 0 unspecified atom stereocenters. The summed E-state index contributed by atoms with van der Waals surface area (Å²) in [4.78, 5) is 7.38. The van der Waals surface area contributed by atoms with Gasteiger partial charge in [0, 0.05) is 0 Å². The molecule has 0 rings (SSSR count). The van der Waals surface area contributed by atoms with Crippen molar-refractivity contribution in [3.05, 3.63) is 24.3 Å². The van der Waals surface area contributed by atoms with E-state index in [2.05, 4.69) is 40.5 Å². The Morgan fingerprint density at radius 1 is 1.33 bits per heavy atom. The molecule has 0 saturated carbocycles. The standard InChI is InChI=1S/C8H13.3CH3.Sn/c1-4-6-8(3)7-5-2;;;;/h4,6H,1,3,5,7H2,2H3;3*1H3;/b6-4+;;;;. The van der Waals surface area contributed by atoms with Crippen LogP contribution in [-0.4, -0.2) is 18.4 Å². The molecule has 1 heteroatoms. The molecule has 0 N–H and O–H groups in total. The molecular formula is C11H22Sn. The first-order valence-corrected chi connectivity index (χ1v) is 15.4. The number of allylic oxidation sites excluding steroid dienone is 3. The van der Waals surface area contributed by atoms with Crippen molar-refractivity contribution in [1.29, 1.82) is 0 Å². The molecule has 0 spiro atoms. The van der Waals surface area contributed by atoms with E-state index in [-0.39, 0.29) is 0 Å². The molecule has 0 saturated heterocycles. The maximum absolute atomic E-state index is 4.00. The summed E-state index contributed by atoms with van der Waals surface area (Å²) in [5, 5.41) is 0. The molecule has 0 aromatic carbocycles. The van der Waals surface area contributed by atoms with Crippen LogP contribution in [0.3, 0.4) is 0 Å². The van der Waals surface area contributed by atoms with E-state index < -0.39 is 18.4 Å². The Balaban J connectivity index is 3.69. The maximum atomic E-state index is 4.00. The van der Waals surface area contributed by atoms with Crippen LogP contribution in [0.25, 0.3) is 0 Å². The quantitative estimate of drug-likeness (QED) is 0.519. The molecule has 0 heterocycles. The van der Waals surface area contributed by atoms with Crippen LogP contribution in [0.4, 0.5) is 0 Å². The molecule has 0 nitrogen and oxygen atoms in total. The first kappa shape index (κ1) is 12.3. The predicted molar refractivity (Wildman–Crippen MR) is 61.3 cm³/mol. The van der Waals surface area contributed by atoms with E-state index >= 15 is 0 Å². The van der Waals surface area contributed by atoms with Crippen LogP contribution in [0.15, 0.2) is 24.3 Å². The molecular weight excluding hydrogens is 251 g/mol. The van der Waals surface area contributed by atoms with Crippen molar-refractivity contribution in [3.63, 3.8) is 0 Å². The molecule has 0 aliphatic carbocycles. The minimum absolute atomic E-state index is 1.15. The number of hydrogen-bond donors (Lipinski definition) is 0. The van der Waals surface area contributed by atoms with Gasteiger partial charge in [-0.05, 0) is 0 Å². The predicted octanol–water partition coefficient (Wildman–Crippen LogP) is 4.24. The van der Waals surface area contributed by atoms with E-state index in [1.807, 2.05) is 0 Å². The Kier molecular flexibility index (Phi) is 5.98. The fourth-order valence-corrected chi connectivity index (χ4v) is 3.34. The average molecular weight is 273 g/mol. The summed E-state index contributed by atoms with van der Waals surface area (Å²) in [6.45, 7) is 6.20. The average Bonchev–Trinajstić information content (AvgIpc) is 1.84. The minimum atomic E-state index is -1.53. The molecule has 0 amide bonds. The monoisotopic (exact) mass is 274 g/mol. The second kappa shape index (κ2) is 5.84. The SMILES string of the molecule is C=C(/C=C/[CH2][Sn]([CH3])([CH3])[CH3])CCC. The fraction of sp³-hybridized carbons (Fsp3) is 0.636. The van der Waals surface area contributed by atoms with E-state index in [1.165, 1.54) is 16.4 Å². The third-order valence-electron chi connectivity index (χ3n) is 1.65. The summed E-state index contributed by atoms with van der Waals surface area (Å²) < 4.78 is 1.34. The van der Waals surface area contributed by atoms with Crippen LogP contribution in [0.1, 0.15) is 19.8 Å². The molecule has 12 heavy (non-hydrogen) atoms. The van der Waals surface area contributed by atoms with Gasteiger partial charge in [0.15, 0.2) is 0 Å². The zero-order chi connectivity index (χ0) is 9.61. The van der Waals surface area contributed by atoms with Crippen LogP contribution < -0.4 is 0 Å². The number of rotatable bonds is 5. The first-order valence-electron chi connectivity index (χ1n) is 4.80. The van der Waals surface area contributed by atoms with Gasteiger partial charge in [-0.2, -0.15) is 0 Å². The topological polar surface area (TPSA) is 0 Å². The van der Waals surface area contributed by atoms with Gasteiger partial charge in [-0.15, -0.1) is 0 Å². The summed E-state index contributed by atoms with van der Waals surface area (Å²) >= 11 is -1.53. The third-order valence-corrected chi connectivity index (χ3v) is 5.82. The van der Waals surface area contributed by atoms with Crippen molar-refractivity contribution in [1.82, 2.24) is 0 Å². The molecule has 0 radical (unpaired) electrons. The van der Waals surface area contributed by atoms with Crippen molar-refractivity contribution in [2.75, 3.05) is 0 Å². The van der Waals surface area contributed by atoms with Gasteiger partial charge >= 0.3 is 81.7 Å². The zero-order valence-electron chi connectivity index (χ0n) is 8.98. The fourth-order valence-electron chi connectivity index (χ4n) is 0.984. The van der Waals surface area contributed by atoms with E-state index in [0.29, 0.717) is 0 Å². The Labute approximate surface area is 81.6 Å².